The molecule has 3 nitrogen and oxygen atoms in total. The normalized spacial score (nSPS) is 14.0. The van der Waals surface area contributed by atoms with Crippen molar-refractivity contribution in [2.75, 3.05) is 6.54 Å². The molecule has 1 aromatic heterocycles. The molecule has 0 amide bonds. The average molecular weight is 276 g/mol. The van der Waals surface area contributed by atoms with Crippen LogP contribution in [0.4, 0.5) is 0 Å². The van der Waals surface area contributed by atoms with Crippen molar-refractivity contribution >= 4 is 0 Å². The standard InChI is InChI=1S/C17H28N2O/c1-4-9-18-12-15-11-14-6-5-7-16(14)19(17(15)20)10-8-13(2)3/h11,13,18H,4-10,12H2,1-3H3. The molecule has 0 unspecified atom stereocenters. The molecule has 0 fully saturated rings. The molecule has 1 heterocycles. The minimum atomic E-state index is 0.231. The number of nitrogens with one attached hydrogen (secondary N) is 1. The Labute approximate surface area is 122 Å². The predicted octanol–water partition coefficient (Wildman–Crippen LogP) is 2.88. The Morgan fingerprint density at radius 2 is 2.15 bits per heavy atom. The zero-order chi connectivity index (χ0) is 14.5. The number of aromatic nitrogens is 1. The Morgan fingerprint density at radius 3 is 2.85 bits per heavy atom. The lowest BCUT2D eigenvalue weighted by Crippen LogP contribution is -2.30. The van der Waals surface area contributed by atoms with Gasteiger partial charge in [0.25, 0.3) is 5.56 Å². The molecule has 3 heteroatoms. The summed E-state index contributed by atoms with van der Waals surface area (Å²) in [7, 11) is 0. The van der Waals surface area contributed by atoms with Crippen LogP contribution in [0, 0.1) is 5.92 Å². The van der Waals surface area contributed by atoms with Gasteiger partial charge in [-0.1, -0.05) is 20.8 Å². The van der Waals surface area contributed by atoms with Crippen molar-refractivity contribution in [2.45, 2.75) is 66.0 Å². The molecule has 1 N–H and O–H groups in total. The van der Waals surface area contributed by atoms with E-state index < -0.39 is 0 Å². The first-order valence-corrected chi connectivity index (χ1v) is 8.08. The summed E-state index contributed by atoms with van der Waals surface area (Å²) in [6, 6.07) is 2.15. The molecule has 20 heavy (non-hydrogen) atoms. The molecule has 0 spiro atoms. The topological polar surface area (TPSA) is 34.0 Å². The highest BCUT2D eigenvalue weighted by molar-refractivity contribution is 5.30. The first-order chi connectivity index (χ1) is 9.63. The fourth-order valence-electron chi connectivity index (χ4n) is 2.93. The second-order valence-corrected chi connectivity index (χ2v) is 6.31. The molecule has 1 aliphatic carbocycles. The molecule has 1 aliphatic rings. The zero-order valence-corrected chi connectivity index (χ0v) is 13.2. The third kappa shape index (κ3) is 3.51. The molecular weight excluding hydrogens is 248 g/mol. The van der Waals surface area contributed by atoms with Gasteiger partial charge in [-0.05, 0) is 56.2 Å². The van der Waals surface area contributed by atoms with Crippen LogP contribution in [0.3, 0.4) is 0 Å². The molecule has 0 saturated carbocycles. The van der Waals surface area contributed by atoms with Crippen LogP contribution in [0.5, 0.6) is 0 Å². The molecule has 0 atom stereocenters. The second-order valence-electron chi connectivity index (χ2n) is 6.31. The minimum absolute atomic E-state index is 0.231. The molecule has 2 rings (SSSR count). The van der Waals surface area contributed by atoms with E-state index in [1.807, 2.05) is 0 Å². The van der Waals surface area contributed by atoms with Crippen molar-refractivity contribution in [3.8, 4) is 0 Å². The van der Waals surface area contributed by atoms with E-state index in [0.717, 1.165) is 44.3 Å². The van der Waals surface area contributed by atoms with E-state index in [1.54, 1.807) is 0 Å². The lowest BCUT2D eigenvalue weighted by molar-refractivity contribution is 0.495. The van der Waals surface area contributed by atoms with Crippen molar-refractivity contribution in [3.05, 3.63) is 33.2 Å². The van der Waals surface area contributed by atoms with Crippen LogP contribution in [-0.2, 0) is 25.9 Å². The van der Waals surface area contributed by atoms with Crippen LogP contribution >= 0.6 is 0 Å². The average Bonchev–Trinajstić information content (AvgIpc) is 2.86. The number of pyridine rings is 1. The number of hydrogen-bond donors (Lipinski definition) is 1. The molecule has 112 valence electrons. The first kappa shape index (κ1) is 15.3. The highest BCUT2D eigenvalue weighted by atomic mass is 16.1. The summed E-state index contributed by atoms with van der Waals surface area (Å²) in [5.41, 5.74) is 3.88. The smallest absolute Gasteiger partial charge is 0.255 e. The second kappa shape index (κ2) is 7.07. The first-order valence-electron chi connectivity index (χ1n) is 8.08. The van der Waals surface area contributed by atoms with Gasteiger partial charge in [-0.3, -0.25) is 4.79 Å². The maximum atomic E-state index is 12.7. The third-order valence-electron chi connectivity index (χ3n) is 4.10. The van der Waals surface area contributed by atoms with Gasteiger partial charge in [0.05, 0.1) is 0 Å². The summed E-state index contributed by atoms with van der Waals surface area (Å²) < 4.78 is 2.06. The SMILES string of the molecule is CCCNCc1cc2c(n(CCC(C)C)c1=O)CCC2. The molecule has 0 saturated heterocycles. The van der Waals surface area contributed by atoms with Crippen molar-refractivity contribution < 1.29 is 0 Å². The number of hydrogen-bond acceptors (Lipinski definition) is 2. The van der Waals surface area contributed by atoms with Gasteiger partial charge in [-0.15, -0.1) is 0 Å². The van der Waals surface area contributed by atoms with E-state index in [2.05, 4.69) is 36.7 Å². The van der Waals surface area contributed by atoms with E-state index in [9.17, 15) is 4.79 Å². The maximum absolute atomic E-state index is 12.7. The Hall–Kier alpha value is -1.09. The van der Waals surface area contributed by atoms with Crippen LogP contribution < -0.4 is 10.9 Å². The van der Waals surface area contributed by atoms with Crippen molar-refractivity contribution in [1.29, 1.82) is 0 Å². The van der Waals surface area contributed by atoms with Gasteiger partial charge < -0.3 is 9.88 Å². The van der Waals surface area contributed by atoms with Gasteiger partial charge in [-0.2, -0.15) is 0 Å². The summed E-state index contributed by atoms with van der Waals surface area (Å²) in [6.07, 6.45) is 5.59. The highest BCUT2D eigenvalue weighted by Crippen LogP contribution is 2.22. The highest BCUT2D eigenvalue weighted by Gasteiger charge is 2.18. The monoisotopic (exact) mass is 276 g/mol. The Balaban J connectivity index is 2.25. The molecular formula is C17H28N2O. The summed E-state index contributed by atoms with van der Waals surface area (Å²) >= 11 is 0. The summed E-state index contributed by atoms with van der Waals surface area (Å²) in [6.45, 7) is 9.15. The van der Waals surface area contributed by atoms with Crippen LogP contribution in [-0.4, -0.2) is 11.1 Å². The summed E-state index contributed by atoms with van der Waals surface area (Å²) in [5, 5.41) is 3.36. The third-order valence-corrected chi connectivity index (χ3v) is 4.10. The van der Waals surface area contributed by atoms with Crippen LogP contribution in [0.1, 0.15) is 56.9 Å². The van der Waals surface area contributed by atoms with Gasteiger partial charge in [0.2, 0.25) is 0 Å². The molecule has 0 bridgehead atoms. The van der Waals surface area contributed by atoms with Gasteiger partial charge in [-0.25, -0.2) is 0 Å². The lowest BCUT2D eigenvalue weighted by Gasteiger charge is -2.16. The summed E-state index contributed by atoms with van der Waals surface area (Å²) in [5.74, 6) is 0.640. The largest absolute Gasteiger partial charge is 0.312 e. The van der Waals surface area contributed by atoms with E-state index in [1.165, 1.54) is 17.7 Å². The van der Waals surface area contributed by atoms with Gasteiger partial charge >= 0.3 is 0 Å². The Kier molecular flexibility index (Phi) is 5.41. The fraction of sp³-hybridized carbons (Fsp3) is 0.706. The van der Waals surface area contributed by atoms with Gasteiger partial charge in [0.1, 0.15) is 0 Å². The molecule has 0 radical (unpaired) electrons. The van der Waals surface area contributed by atoms with Gasteiger partial charge in [0, 0.05) is 24.3 Å². The number of nitrogens with zero attached hydrogens (tertiary/aromatic N) is 1. The van der Waals surface area contributed by atoms with Crippen molar-refractivity contribution in [1.82, 2.24) is 9.88 Å². The van der Waals surface area contributed by atoms with Crippen LogP contribution in [0.15, 0.2) is 10.9 Å². The van der Waals surface area contributed by atoms with Crippen molar-refractivity contribution in [3.63, 3.8) is 0 Å². The van der Waals surface area contributed by atoms with Crippen LogP contribution in [0.25, 0.3) is 0 Å². The van der Waals surface area contributed by atoms with E-state index in [-0.39, 0.29) is 5.56 Å². The van der Waals surface area contributed by atoms with E-state index in [4.69, 9.17) is 0 Å². The quantitative estimate of drug-likeness (QED) is 0.777. The lowest BCUT2D eigenvalue weighted by atomic mass is 10.1. The predicted molar refractivity (Wildman–Crippen MR) is 84.2 cm³/mol. The molecule has 0 aliphatic heterocycles. The zero-order valence-electron chi connectivity index (χ0n) is 13.2. The molecule has 1 aromatic rings. The summed E-state index contributed by atoms with van der Waals surface area (Å²) in [4.78, 5) is 12.7. The van der Waals surface area contributed by atoms with Gasteiger partial charge in [0.15, 0.2) is 0 Å². The van der Waals surface area contributed by atoms with Crippen LogP contribution in [0.2, 0.25) is 0 Å². The number of aryl methyl sites for hydroxylation is 1. The van der Waals surface area contributed by atoms with Crippen molar-refractivity contribution in [2.24, 2.45) is 5.92 Å². The minimum Gasteiger partial charge on any atom is -0.312 e. The number of fused-ring (bicyclic) bond motifs is 1. The Bertz CT molecular complexity index is 502. The molecule has 0 aromatic carbocycles. The van der Waals surface area contributed by atoms with E-state index >= 15 is 0 Å². The fourth-order valence-corrected chi connectivity index (χ4v) is 2.93. The number of rotatable bonds is 7. The Morgan fingerprint density at radius 1 is 1.35 bits per heavy atom. The van der Waals surface area contributed by atoms with E-state index in [0.29, 0.717) is 12.5 Å². The maximum Gasteiger partial charge on any atom is 0.255 e.